The lowest BCUT2D eigenvalue weighted by atomic mass is 9.85. The summed E-state index contributed by atoms with van der Waals surface area (Å²) in [6.45, 7) is 9.00. The van der Waals surface area contributed by atoms with Gasteiger partial charge in [0.25, 0.3) is 0 Å². The molecule has 3 heteroatoms. The van der Waals surface area contributed by atoms with Gasteiger partial charge in [-0.05, 0) is 43.5 Å². The van der Waals surface area contributed by atoms with E-state index in [1.807, 2.05) is 6.07 Å². The molecule has 0 bridgehead atoms. The maximum absolute atomic E-state index is 10.8. The maximum atomic E-state index is 10.8. The smallest absolute Gasteiger partial charge is 0.0947 e. The van der Waals surface area contributed by atoms with Gasteiger partial charge in [-0.1, -0.05) is 38.1 Å². The highest BCUT2D eigenvalue weighted by Crippen LogP contribution is 2.34. The summed E-state index contributed by atoms with van der Waals surface area (Å²) in [7, 11) is 0. The van der Waals surface area contributed by atoms with Crippen molar-refractivity contribution in [3.8, 4) is 0 Å². The van der Waals surface area contributed by atoms with Crippen LogP contribution in [0.4, 0.5) is 0 Å². The molecule has 116 valence electrons. The van der Waals surface area contributed by atoms with Crippen molar-refractivity contribution in [1.29, 1.82) is 0 Å². The van der Waals surface area contributed by atoms with Crippen LogP contribution in [0.1, 0.15) is 43.9 Å². The number of fused-ring (bicyclic) bond motifs is 1. The van der Waals surface area contributed by atoms with Gasteiger partial charge in [-0.15, -0.1) is 0 Å². The number of hydrogen-bond donors (Lipinski definition) is 1. The van der Waals surface area contributed by atoms with Crippen LogP contribution in [-0.2, 0) is 6.42 Å². The molecule has 3 atom stereocenters. The highest BCUT2D eigenvalue weighted by Gasteiger charge is 2.36. The van der Waals surface area contributed by atoms with Crippen LogP contribution in [-0.4, -0.2) is 53.2 Å². The van der Waals surface area contributed by atoms with Gasteiger partial charge in [0.15, 0.2) is 0 Å². The lowest BCUT2D eigenvalue weighted by molar-refractivity contribution is 0.0444. The second-order valence-electron chi connectivity index (χ2n) is 6.41. The zero-order valence-electron chi connectivity index (χ0n) is 13.3. The van der Waals surface area contributed by atoms with Gasteiger partial charge in [-0.3, -0.25) is 9.80 Å². The van der Waals surface area contributed by atoms with Crippen LogP contribution in [0.3, 0.4) is 0 Å². The first-order valence-electron chi connectivity index (χ1n) is 8.48. The normalized spacial score (nSPS) is 29.8. The number of aryl methyl sites for hydroxylation is 1. The minimum Gasteiger partial charge on any atom is -0.387 e. The molecule has 2 aliphatic rings. The van der Waals surface area contributed by atoms with Crippen molar-refractivity contribution in [3.63, 3.8) is 0 Å². The molecule has 1 heterocycles. The highest BCUT2D eigenvalue weighted by atomic mass is 16.3. The number of nitrogens with zero attached hydrogens (tertiary/aromatic N) is 2. The Balaban J connectivity index is 1.69. The minimum absolute atomic E-state index is 0.306. The van der Waals surface area contributed by atoms with Gasteiger partial charge in [-0.2, -0.15) is 0 Å². The van der Waals surface area contributed by atoms with Crippen LogP contribution in [0.2, 0.25) is 0 Å². The third kappa shape index (κ3) is 2.87. The van der Waals surface area contributed by atoms with Crippen molar-refractivity contribution in [2.45, 2.75) is 51.3 Å². The van der Waals surface area contributed by atoms with Crippen molar-refractivity contribution in [1.82, 2.24) is 9.80 Å². The Hall–Kier alpha value is -0.900. The van der Waals surface area contributed by atoms with Crippen molar-refractivity contribution < 1.29 is 5.11 Å². The van der Waals surface area contributed by atoms with Crippen molar-refractivity contribution in [2.75, 3.05) is 26.2 Å². The second kappa shape index (κ2) is 6.47. The Bertz CT molecular complexity index is 472. The van der Waals surface area contributed by atoms with E-state index in [1.54, 1.807) is 0 Å². The molecular weight excluding hydrogens is 260 g/mol. The molecule has 1 N–H and O–H groups in total. The lowest BCUT2D eigenvalue weighted by Gasteiger charge is -2.37. The monoisotopic (exact) mass is 288 g/mol. The SMILES string of the molecule is CCN(CC)C1CCN(C2CCc3ccccc3C2O)C1. The fourth-order valence-corrected chi connectivity index (χ4v) is 4.21. The quantitative estimate of drug-likeness (QED) is 0.922. The van der Waals surface area contributed by atoms with Crippen molar-refractivity contribution in [2.24, 2.45) is 0 Å². The summed E-state index contributed by atoms with van der Waals surface area (Å²) >= 11 is 0. The van der Waals surface area contributed by atoms with E-state index in [-0.39, 0.29) is 6.10 Å². The van der Waals surface area contributed by atoms with E-state index in [1.165, 1.54) is 12.0 Å². The first-order valence-corrected chi connectivity index (χ1v) is 8.48. The van der Waals surface area contributed by atoms with E-state index < -0.39 is 0 Å². The molecule has 0 spiro atoms. The van der Waals surface area contributed by atoms with E-state index in [0.717, 1.165) is 44.6 Å². The molecule has 0 radical (unpaired) electrons. The molecule has 0 saturated carbocycles. The molecule has 1 aromatic carbocycles. The Labute approximate surface area is 128 Å². The number of rotatable bonds is 4. The average Bonchev–Trinajstić information content (AvgIpc) is 2.99. The van der Waals surface area contributed by atoms with Gasteiger partial charge >= 0.3 is 0 Å². The topological polar surface area (TPSA) is 26.7 Å². The number of likely N-dealkylation sites (N-methyl/N-ethyl adjacent to an activating group) is 1. The number of hydrogen-bond acceptors (Lipinski definition) is 3. The van der Waals surface area contributed by atoms with E-state index in [0.29, 0.717) is 12.1 Å². The van der Waals surface area contributed by atoms with Crippen LogP contribution in [0.15, 0.2) is 24.3 Å². The summed E-state index contributed by atoms with van der Waals surface area (Å²) in [6.07, 6.45) is 3.12. The van der Waals surface area contributed by atoms with Gasteiger partial charge in [0.2, 0.25) is 0 Å². The van der Waals surface area contributed by atoms with Crippen LogP contribution in [0.5, 0.6) is 0 Å². The zero-order valence-corrected chi connectivity index (χ0v) is 13.3. The molecule has 1 aromatic rings. The first-order chi connectivity index (χ1) is 10.2. The number of benzene rings is 1. The standard InChI is InChI=1S/C18H28N2O/c1-3-19(4-2)15-11-12-20(13-15)17-10-9-14-7-5-6-8-16(14)18(17)21/h5-8,15,17-18,21H,3-4,9-13H2,1-2H3. The van der Waals surface area contributed by atoms with Crippen molar-refractivity contribution in [3.05, 3.63) is 35.4 Å². The first kappa shape index (κ1) is 15.0. The van der Waals surface area contributed by atoms with Gasteiger partial charge in [-0.25, -0.2) is 0 Å². The Morgan fingerprint density at radius 2 is 1.95 bits per heavy atom. The van der Waals surface area contributed by atoms with Crippen LogP contribution < -0.4 is 0 Å². The Kier molecular flexibility index (Phi) is 4.63. The van der Waals surface area contributed by atoms with Crippen molar-refractivity contribution >= 4 is 0 Å². The molecule has 1 aliphatic heterocycles. The van der Waals surface area contributed by atoms with Gasteiger partial charge in [0.1, 0.15) is 0 Å². The molecular formula is C18H28N2O. The van der Waals surface area contributed by atoms with Crippen LogP contribution in [0, 0.1) is 0 Å². The highest BCUT2D eigenvalue weighted by molar-refractivity contribution is 5.32. The average molecular weight is 288 g/mol. The molecule has 3 unspecified atom stereocenters. The number of aliphatic hydroxyl groups excluding tert-OH is 1. The molecule has 0 aromatic heterocycles. The van der Waals surface area contributed by atoms with E-state index in [9.17, 15) is 5.11 Å². The van der Waals surface area contributed by atoms with Gasteiger partial charge in [0, 0.05) is 25.2 Å². The summed E-state index contributed by atoms with van der Waals surface area (Å²) in [6, 6.07) is 9.37. The third-order valence-corrected chi connectivity index (χ3v) is 5.44. The summed E-state index contributed by atoms with van der Waals surface area (Å²) in [5.74, 6) is 0. The number of likely N-dealkylation sites (tertiary alicyclic amines) is 1. The molecule has 21 heavy (non-hydrogen) atoms. The summed E-state index contributed by atoms with van der Waals surface area (Å²) in [4.78, 5) is 5.09. The molecule has 1 saturated heterocycles. The summed E-state index contributed by atoms with van der Waals surface area (Å²) in [5, 5.41) is 10.8. The largest absolute Gasteiger partial charge is 0.387 e. The predicted molar refractivity (Wildman–Crippen MR) is 86.4 cm³/mol. The molecule has 0 amide bonds. The molecule has 3 nitrogen and oxygen atoms in total. The lowest BCUT2D eigenvalue weighted by Crippen LogP contribution is -2.43. The minimum atomic E-state index is -0.314. The predicted octanol–water partition coefficient (Wildman–Crippen LogP) is 2.45. The Morgan fingerprint density at radius 3 is 2.71 bits per heavy atom. The van der Waals surface area contributed by atoms with E-state index in [4.69, 9.17) is 0 Å². The van der Waals surface area contributed by atoms with Gasteiger partial charge < -0.3 is 5.11 Å². The molecule has 1 fully saturated rings. The zero-order chi connectivity index (χ0) is 14.8. The fraction of sp³-hybridized carbons (Fsp3) is 0.667. The van der Waals surface area contributed by atoms with Crippen LogP contribution >= 0.6 is 0 Å². The molecule has 1 aliphatic carbocycles. The second-order valence-corrected chi connectivity index (χ2v) is 6.41. The summed E-state index contributed by atoms with van der Waals surface area (Å²) in [5.41, 5.74) is 2.49. The van der Waals surface area contributed by atoms with E-state index >= 15 is 0 Å². The number of aliphatic hydroxyl groups is 1. The Morgan fingerprint density at radius 1 is 1.19 bits per heavy atom. The van der Waals surface area contributed by atoms with Crippen LogP contribution in [0.25, 0.3) is 0 Å². The fourth-order valence-electron chi connectivity index (χ4n) is 4.21. The maximum Gasteiger partial charge on any atom is 0.0947 e. The van der Waals surface area contributed by atoms with E-state index in [2.05, 4.69) is 41.8 Å². The molecule has 3 rings (SSSR count). The van der Waals surface area contributed by atoms with Gasteiger partial charge in [0.05, 0.1) is 6.10 Å². The summed E-state index contributed by atoms with van der Waals surface area (Å²) < 4.78 is 0. The third-order valence-electron chi connectivity index (χ3n) is 5.44.